The fourth-order valence-electron chi connectivity index (χ4n) is 4.74. The number of nitrogens with zero attached hydrogens (tertiary/aromatic N) is 1. The second kappa shape index (κ2) is 10.0. The number of rotatable bonds is 7. The second-order valence-electron chi connectivity index (χ2n) is 8.97. The Labute approximate surface area is 214 Å². The van der Waals surface area contributed by atoms with E-state index >= 15 is 0 Å². The maximum Gasteiger partial charge on any atom is 0.265 e. The molecule has 0 unspecified atom stereocenters. The Morgan fingerprint density at radius 3 is 2.46 bits per heavy atom. The van der Waals surface area contributed by atoms with Crippen molar-refractivity contribution in [2.75, 3.05) is 11.1 Å². The number of nitrogen functional groups attached to an aromatic ring is 1. The monoisotopic (exact) mass is 489 g/mol. The molecule has 0 saturated carbocycles. The number of carbonyl (C=O) groups excluding carboxylic acids is 1. The van der Waals surface area contributed by atoms with Crippen LogP contribution in [0.1, 0.15) is 28.4 Å². The number of ketones is 1. The van der Waals surface area contributed by atoms with Crippen LogP contribution in [0.5, 0.6) is 5.75 Å². The van der Waals surface area contributed by atoms with E-state index < -0.39 is 11.3 Å². The zero-order chi connectivity index (χ0) is 25.9. The summed E-state index contributed by atoms with van der Waals surface area (Å²) in [6.07, 6.45) is 3.56. The van der Waals surface area contributed by atoms with Gasteiger partial charge in [0.25, 0.3) is 5.56 Å². The molecular formula is C31H27N3O3. The van der Waals surface area contributed by atoms with Crippen LogP contribution in [0.25, 0.3) is 21.7 Å². The van der Waals surface area contributed by atoms with Crippen molar-refractivity contribution in [2.24, 2.45) is 7.05 Å². The Bertz CT molecular complexity index is 1700. The first-order chi connectivity index (χ1) is 18.0. The third kappa shape index (κ3) is 4.57. The molecule has 184 valence electrons. The van der Waals surface area contributed by atoms with Gasteiger partial charge in [0.2, 0.25) is 0 Å². The Balaban J connectivity index is 1.46. The Morgan fingerprint density at radius 2 is 1.68 bits per heavy atom. The van der Waals surface area contributed by atoms with Crippen molar-refractivity contribution in [3.63, 3.8) is 0 Å². The molecule has 0 amide bonds. The number of benzene rings is 4. The molecule has 1 aromatic heterocycles. The summed E-state index contributed by atoms with van der Waals surface area (Å²) in [6.45, 7) is 0. The van der Waals surface area contributed by atoms with Crippen LogP contribution in [-0.2, 0) is 7.05 Å². The van der Waals surface area contributed by atoms with Crippen LogP contribution in [0.2, 0.25) is 0 Å². The van der Waals surface area contributed by atoms with Crippen LogP contribution >= 0.6 is 0 Å². The van der Waals surface area contributed by atoms with E-state index in [1.54, 1.807) is 37.4 Å². The van der Waals surface area contributed by atoms with Gasteiger partial charge in [-0.15, -0.1) is 0 Å². The van der Waals surface area contributed by atoms with Crippen molar-refractivity contribution in [1.29, 1.82) is 0 Å². The molecule has 0 spiro atoms. The van der Waals surface area contributed by atoms with Gasteiger partial charge in [-0.2, -0.15) is 0 Å². The number of aryl methyl sites for hydroxylation is 1. The molecule has 4 aromatic carbocycles. The molecule has 6 heteroatoms. The predicted octanol–water partition coefficient (Wildman–Crippen LogP) is 5.96. The molecule has 6 nitrogen and oxygen atoms in total. The van der Waals surface area contributed by atoms with E-state index in [9.17, 15) is 14.7 Å². The minimum absolute atomic E-state index is 0.163. The molecule has 0 radical (unpaired) electrons. The van der Waals surface area contributed by atoms with Gasteiger partial charge in [-0.3, -0.25) is 9.59 Å². The van der Waals surface area contributed by atoms with Crippen molar-refractivity contribution in [2.45, 2.75) is 12.5 Å². The lowest BCUT2D eigenvalue weighted by Gasteiger charge is -2.21. The largest absolute Gasteiger partial charge is 0.506 e. The third-order valence-electron chi connectivity index (χ3n) is 6.63. The number of hydrogen-bond acceptors (Lipinski definition) is 5. The molecule has 5 aromatic rings. The lowest BCUT2D eigenvalue weighted by Crippen LogP contribution is -2.24. The summed E-state index contributed by atoms with van der Waals surface area (Å²) < 4.78 is 1.38. The zero-order valence-corrected chi connectivity index (χ0v) is 20.4. The second-order valence-corrected chi connectivity index (χ2v) is 8.97. The Morgan fingerprint density at radius 1 is 0.973 bits per heavy atom. The minimum Gasteiger partial charge on any atom is -0.506 e. The fourth-order valence-corrected chi connectivity index (χ4v) is 4.74. The first-order valence-corrected chi connectivity index (χ1v) is 12.1. The molecular weight excluding hydrogens is 462 g/mol. The summed E-state index contributed by atoms with van der Waals surface area (Å²) in [5, 5.41) is 16.8. The lowest BCUT2D eigenvalue weighted by molar-refractivity contribution is 0.104. The van der Waals surface area contributed by atoms with Gasteiger partial charge in [0.15, 0.2) is 5.78 Å². The zero-order valence-electron chi connectivity index (χ0n) is 20.4. The maximum absolute atomic E-state index is 13.1. The summed E-state index contributed by atoms with van der Waals surface area (Å²) in [7, 11) is 1.59. The number of carbonyl (C=O) groups is 1. The van der Waals surface area contributed by atoms with Gasteiger partial charge in [0, 0.05) is 29.2 Å². The van der Waals surface area contributed by atoms with E-state index in [0.29, 0.717) is 23.0 Å². The Hall–Kier alpha value is -4.84. The van der Waals surface area contributed by atoms with E-state index in [0.717, 1.165) is 22.0 Å². The van der Waals surface area contributed by atoms with Crippen LogP contribution in [-0.4, -0.2) is 15.5 Å². The molecule has 0 aliphatic heterocycles. The average molecular weight is 490 g/mol. The van der Waals surface area contributed by atoms with E-state index in [2.05, 4.69) is 5.32 Å². The summed E-state index contributed by atoms with van der Waals surface area (Å²) in [5.74, 6) is -0.831. The standard InChI is InChI=1S/C31H27N3O3/c1-34-26-18-6-5-14-22(26)30(36)29(31(34)37)27(35)19-9-16-24(20-10-3-2-4-11-20)33-25-17-8-13-21-12-7-15-23(32)28(21)25/h2-15,17-19,24,33,36H,16,32H2,1H3/b19-9+/t24-/m1/s1. The molecule has 0 saturated heterocycles. The van der Waals surface area contributed by atoms with Gasteiger partial charge in [-0.25, -0.2) is 0 Å². The summed E-state index contributed by atoms with van der Waals surface area (Å²) >= 11 is 0. The lowest BCUT2D eigenvalue weighted by atomic mass is 10.0. The summed E-state index contributed by atoms with van der Waals surface area (Å²) in [4.78, 5) is 26.0. The van der Waals surface area contributed by atoms with Crippen molar-refractivity contribution >= 4 is 38.8 Å². The number of hydrogen-bond donors (Lipinski definition) is 3. The first kappa shape index (κ1) is 23.9. The van der Waals surface area contributed by atoms with Crippen LogP contribution in [0.15, 0.2) is 108 Å². The number of aromatic hydroxyl groups is 1. The molecule has 0 bridgehead atoms. The normalized spacial score (nSPS) is 12.2. The van der Waals surface area contributed by atoms with Gasteiger partial charge in [-0.1, -0.05) is 72.8 Å². The highest BCUT2D eigenvalue weighted by atomic mass is 16.3. The number of anilines is 2. The quantitative estimate of drug-likeness (QED) is 0.149. The van der Waals surface area contributed by atoms with Gasteiger partial charge < -0.3 is 20.7 Å². The molecule has 1 heterocycles. The summed E-state index contributed by atoms with van der Waals surface area (Å²) in [5.41, 5.74) is 8.71. The van der Waals surface area contributed by atoms with E-state index in [1.807, 2.05) is 66.7 Å². The van der Waals surface area contributed by atoms with Crippen LogP contribution in [0.3, 0.4) is 0 Å². The summed E-state index contributed by atoms with van der Waals surface area (Å²) in [6, 6.07) is 28.5. The van der Waals surface area contributed by atoms with Crippen LogP contribution in [0, 0.1) is 0 Å². The average Bonchev–Trinajstić information content (AvgIpc) is 2.92. The van der Waals surface area contributed by atoms with Crippen molar-refractivity contribution in [3.8, 4) is 5.75 Å². The molecule has 1 atom stereocenters. The van der Waals surface area contributed by atoms with Gasteiger partial charge in [0.1, 0.15) is 11.3 Å². The predicted molar refractivity (Wildman–Crippen MR) is 150 cm³/mol. The number of para-hydroxylation sites is 1. The number of nitrogens with two attached hydrogens (primary N) is 1. The van der Waals surface area contributed by atoms with Crippen molar-refractivity contribution in [3.05, 3.63) is 125 Å². The third-order valence-corrected chi connectivity index (χ3v) is 6.63. The highest BCUT2D eigenvalue weighted by molar-refractivity contribution is 6.09. The molecule has 4 N–H and O–H groups in total. The molecule has 0 aliphatic carbocycles. The molecule has 0 aliphatic rings. The number of pyridine rings is 1. The number of fused-ring (bicyclic) bond motifs is 2. The fraction of sp³-hybridized carbons (Fsp3) is 0.0968. The van der Waals surface area contributed by atoms with Crippen molar-refractivity contribution < 1.29 is 9.90 Å². The van der Waals surface area contributed by atoms with Gasteiger partial charge >= 0.3 is 0 Å². The highest BCUT2D eigenvalue weighted by Gasteiger charge is 2.19. The number of aromatic nitrogens is 1. The van der Waals surface area contributed by atoms with E-state index in [-0.39, 0.29) is 17.4 Å². The highest BCUT2D eigenvalue weighted by Crippen LogP contribution is 2.33. The van der Waals surface area contributed by atoms with E-state index in [1.165, 1.54) is 10.6 Å². The number of allylic oxidation sites excluding steroid dienone is 1. The molecule has 37 heavy (non-hydrogen) atoms. The Kier molecular flexibility index (Phi) is 6.47. The minimum atomic E-state index is -0.537. The number of nitrogens with one attached hydrogen (secondary N) is 1. The SMILES string of the molecule is Cn1c(=O)c(C(=O)/C=C/C[C@@H](Nc2cccc3cccc(N)c23)c2ccccc2)c(O)c2ccccc21. The molecule has 5 rings (SSSR count). The van der Waals surface area contributed by atoms with Crippen LogP contribution < -0.4 is 16.6 Å². The van der Waals surface area contributed by atoms with Crippen LogP contribution in [0.4, 0.5) is 11.4 Å². The first-order valence-electron chi connectivity index (χ1n) is 12.1. The van der Waals surface area contributed by atoms with Gasteiger partial charge in [-0.05, 0) is 47.7 Å². The maximum atomic E-state index is 13.1. The topological polar surface area (TPSA) is 97.4 Å². The van der Waals surface area contributed by atoms with Crippen molar-refractivity contribution in [1.82, 2.24) is 4.57 Å². The van der Waals surface area contributed by atoms with Gasteiger partial charge in [0.05, 0.1) is 11.6 Å². The smallest absolute Gasteiger partial charge is 0.265 e. The molecule has 0 fully saturated rings. The van der Waals surface area contributed by atoms with E-state index in [4.69, 9.17) is 5.73 Å².